The molecule has 27 heavy (non-hydrogen) atoms. The van der Waals surface area contributed by atoms with Crippen LogP contribution in [0.5, 0.6) is 0 Å². The van der Waals surface area contributed by atoms with E-state index >= 15 is 0 Å². The number of benzene rings is 1. The molecule has 0 aromatic heterocycles. The number of amides is 2. The molecule has 146 valence electrons. The van der Waals surface area contributed by atoms with E-state index in [0.717, 1.165) is 36.0 Å². The number of rotatable bonds is 7. The molecule has 9 heteroatoms. The van der Waals surface area contributed by atoms with E-state index in [1.54, 1.807) is 0 Å². The Morgan fingerprint density at radius 2 is 1.85 bits per heavy atom. The number of hydrogen-bond donors (Lipinski definition) is 1. The lowest BCUT2D eigenvalue weighted by Gasteiger charge is -2.16. The summed E-state index contributed by atoms with van der Waals surface area (Å²) in [4.78, 5) is 36.2. The summed E-state index contributed by atoms with van der Waals surface area (Å²) >= 11 is 0. The third-order valence-electron chi connectivity index (χ3n) is 3.74. The van der Waals surface area contributed by atoms with Crippen LogP contribution in [0.1, 0.15) is 24.0 Å². The van der Waals surface area contributed by atoms with Crippen LogP contribution in [0, 0.1) is 0 Å². The van der Waals surface area contributed by atoms with Gasteiger partial charge in [0.2, 0.25) is 5.91 Å². The molecule has 2 rings (SSSR count). The molecular formula is C18H19F3N2O4. The molecule has 6 nitrogen and oxygen atoms in total. The van der Waals surface area contributed by atoms with E-state index in [1.807, 2.05) is 0 Å². The predicted molar refractivity (Wildman–Crippen MR) is 90.2 cm³/mol. The Balaban J connectivity index is 1.75. The topological polar surface area (TPSA) is 75.7 Å². The summed E-state index contributed by atoms with van der Waals surface area (Å²) in [6.45, 7) is -0.669. The summed E-state index contributed by atoms with van der Waals surface area (Å²) in [6.07, 6.45) is -0.267. The van der Waals surface area contributed by atoms with Crippen molar-refractivity contribution >= 4 is 23.9 Å². The zero-order valence-corrected chi connectivity index (χ0v) is 14.6. The van der Waals surface area contributed by atoms with Gasteiger partial charge in [0.1, 0.15) is 0 Å². The minimum absolute atomic E-state index is 0.131. The molecule has 0 saturated heterocycles. The average Bonchev–Trinajstić information content (AvgIpc) is 3.41. The van der Waals surface area contributed by atoms with E-state index < -0.39 is 30.2 Å². The SMILES string of the molecule is CN(CC(=O)NC1CC1)C(=O)COC(=O)/C=C/c1ccc(C(F)(F)F)cc1. The Morgan fingerprint density at radius 3 is 2.41 bits per heavy atom. The zero-order chi connectivity index (χ0) is 20.0. The Bertz CT molecular complexity index is 725. The Labute approximate surface area is 154 Å². The molecule has 1 aliphatic carbocycles. The lowest BCUT2D eigenvalue weighted by Crippen LogP contribution is -2.40. The van der Waals surface area contributed by atoms with Crippen LogP contribution in [-0.4, -0.2) is 48.9 Å². The first-order valence-corrected chi connectivity index (χ1v) is 8.20. The number of alkyl halides is 3. The molecule has 1 aliphatic rings. The lowest BCUT2D eigenvalue weighted by molar-refractivity contribution is -0.148. The molecular weight excluding hydrogens is 365 g/mol. The van der Waals surface area contributed by atoms with Crippen LogP contribution in [-0.2, 0) is 25.3 Å². The van der Waals surface area contributed by atoms with Gasteiger partial charge in [0.25, 0.3) is 5.91 Å². The monoisotopic (exact) mass is 384 g/mol. The molecule has 0 spiro atoms. The number of halogens is 3. The second-order valence-corrected chi connectivity index (χ2v) is 6.15. The number of nitrogens with zero attached hydrogens (tertiary/aromatic N) is 1. The van der Waals surface area contributed by atoms with E-state index in [2.05, 4.69) is 5.32 Å². The normalized spacial score (nSPS) is 14.1. The largest absolute Gasteiger partial charge is 0.452 e. The van der Waals surface area contributed by atoms with Crippen LogP contribution in [0.2, 0.25) is 0 Å². The van der Waals surface area contributed by atoms with Crippen molar-refractivity contribution in [2.24, 2.45) is 0 Å². The summed E-state index contributed by atoms with van der Waals surface area (Å²) in [5.74, 6) is -1.64. The van der Waals surface area contributed by atoms with Gasteiger partial charge in [-0.25, -0.2) is 4.79 Å². The van der Waals surface area contributed by atoms with Crippen LogP contribution in [0.3, 0.4) is 0 Å². The molecule has 2 amide bonds. The summed E-state index contributed by atoms with van der Waals surface area (Å²) < 4.78 is 42.2. The maximum Gasteiger partial charge on any atom is 0.416 e. The summed E-state index contributed by atoms with van der Waals surface area (Å²) in [5.41, 5.74) is -0.415. The molecule has 0 atom stereocenters. The standard InChI is InChI=1S/C18H19F3N2O4/c1-23(10-15(24)22-14-7-8-14)16(25)11-27-17(26)9-4-12-2-5-13(6-3-12)18(19,20)21/h2-6,9,14H,7-8,10-11H2,1H3,(H,22,24)/b9-4+. The summed E-state index contributed by atoms with van der Waals surface area (Å²) in [5, 5.41) is 2.73. The quantitative estimate of drug-likeness (QED) is 0.576. The molecule has 0 unspecified atom stereocenters. The minimum Gasteiger partial charge on any atom is -0.452 e. The van der Waals surface area contributed by atoms with E-state index in [1.165, 1.54) is 25.3 Å². The van der Waals surface area contributed by atoms with Crippen molar-refractivity contribution in [2.45, 2.75) is 25.1 Å². The van der Waals surface area contributed by atoms with Gasteiger partial charge in [-0.05, 0) is 36.6 Å². The van der Waals surface area contributed by atoms with Crippen LogP contribution in [0.25, 0.3) is 6.08 Å². The highest BCUT2D eigenvalue weighted by molar-refractivity contribution is 5.90. The van der Waals surface area contributed by atoms with Gasteiger partial charge in [-0.1, -0.05) is 12.1 Å². The third kappa shape index (κ3) is 7.12. The van der Waals surface area contributed by atoms with Crippen LogP contribution < -0.4 is 5.32 Å². The van der Waals surface area contributed by atoms with Gasteiger partial charge in [0.05, 0.1) is 12.1 Å². The highest BCUT2D eigenvalue weighted by Crippen LogP contribution is 2.29. The fraction of sp³-hybridized carbons (Fsp3) is 0.389. The Hall–Kier alpha value is -2.84. The number of carbonyl (C=O) groups excluding carboxylic acids is 3. The van der Waals surface area contributed by atoms with Crippen molar-refractivity contribution in [3.8, 4) is 0 Å². The summed E-state index contributed by atoms with van der Waals surface area (Å²) in [6, 6.07) is 4.41. The van der Waals surface area contributed by atoms with E-state index in [-0.39, 0.29) is 18.5 Å². The predicted octanol–water partition coefficient (Wildman–Crippen LogP) is 2.00. The molecule has 0 heterocycles. The zero-order valence-electron chi connectivity index (χ0n) is 14.6. The van der Waals surface area contributed by atoms with Crippen molar-refractivity contribution in [3.63, 3.8) is 0 Å². The number of ether oxygens (including phenoxy) is 1. The van der Waals surface area contributed by atoms with Crippen molar-refractivity contribution in [3.05, 3.63) is 41.5 Å². The van der Waals surface area contributed by atoms with Crippen molar-refractivity contribution in [2.75, 3.05) is 20.2 Å². The van der Waals surface area contributed by atoms with Gasteiger partial charge in [-0.3, -0.25) is 9.59 Å². The van der Waals surface area contributed by atoms with E-state index in [9.17, 15) is 27.6 Å². The molecule has 1 N–H and O–H groups in total. The molecule has 1 aromatic rings. The fourth-order valence-corrected chi connectivity index (χ4v) is 2.04. The van der Waals surface area contributed by atoms with Gasteiger partial charge in [-0.2, -0.15) is 13.2 Å². The smallest absolute Gasteiger partial charge is 0.416 e. The molecule has 1 aromatic carbocycles. The van der Waals surface area contributed by atoms with Gasteiger partial charge in [0, 0.05) is 19.2 Å². The first-order valence-electron chi connectivity index (χ1n) is 8.20. The van der Waals surface area contributed by atoms with Crippen LogP contribution >= 0.6 is 0 Å². The van der Waals surface area contributed by atoms with Gasteiger partial charge in [0.15, 0.2) is 6.61 Å². The second-order valence-electron chi connectivity index (χ2n) is 6.15. The number of likely N-dealkylation sites (N-methyl/N-ethyl adjacent to an activating group) is 1. The Morgan fingerprint density at radius 1 is 1.22 bits per heavy atom. The lowest BCUT2D eigenvalue weighted by atomic mass is 10.1. The van der Waals surface area contributed by atoms with Crippen molar-refractivity contribution in [1.29, 1.82) is 0 Å². The third-order valence-corrected chi connectivity index (χ3v) is 3.74. The number of hydrogen-bond acceptors (Lipinski definition) is 4. The van der Waals surface area contributed by atoms with Gasteiger partial charge in [-0.15, -0.1) is 0 Å². The number of nitrogens with one attached hydrogen (secondary N) is 1. The van der Waals surface area contributed by atoms with Gasteiger partial charge >= 0.3 is 12.1 Å². The van der Waals surface area contributed by atoms with Crippen molar-refractivity contribution < 1.29 is 32.3 Å². The first-order chi connectivity index (χ1) is 12.6. The number of esters is 1. The van der Waals surface area contributed by atoms with Gasteiger partial charge < -0.3 is 15.0 Å². The van der Waals surface area contributed by atoms with E-state index in [0.29, 0.717) is 5.56 Å². The van der Waals surface area contributed by atoms with Crippen LogP contribution in [0.15, 0.2) is 30.3 Å². The van der Waals surface area contributed by atoms with Crippen LogP contribution in [0.4, 0.5) is 13.2 Å². The Kier molecular flexibility index (Phi) is 6.59. The molecule has 0 bridgehead atoms. The molecule has 0 aliphatic heterocycles. The maximum absolute atomic E-state index is 12.5. The highest BCUT2D eigenvalue weighted by atomic mass is 19.4. The minimum atomic E-state index is -4.43. The maximum atomic E-state index is 12.5. The average molecular weight is 384 g/mol. The van der Waals surface area contributed by atoms with E-state index in [4.69, 9.17) is 4.74 Å². The highest BCUT2D eigenvalue weighted by Gasteiger charge is 2.29. The molecule has 1 saturated carbocycles. The first kappa shape index (κ1) is 20.5. The summed E-state index contributed by atoms with van der Waals surface area (Å²) in [7, 11) is 1.42. The second kappa shape index (κ2) is 8.70. The fourth-order valence-electron chi connectivity index (χ4n) is 2.04. The molecule has 0 radical (unpaired) electrons. The van der Waals surface area contributed by atoms with Crippen molar-refractivity contribution in [1.82, 2.24) is 10.2 Å². The molecule has 1 fully saturated rings. The number of carbonyl (C=O) groups is 3.